The molecular formula is C17H18N6O2. The van der Waals surface area contributed by atoms with Crippen LogP contribution in [0, 0.1) is 0 Å². The summed E-state index contributed by atoms with van der Waals surface area (Å²) in [7, 11) is 0. The van der Waals surface area contributed by atoms with Gasteiger partial charge in [-0.05, 0) is 25.3 Å². The van der Waals surface area contributed by atoms with E-state index in [9.17, 15) is 4.79 Å². The molecule has 1 fully saturated rings. The molecule has 1 amide bonds. The first kappa shape index (κ1) is 15.6. The number of fused-ring (bicyclic) bond motifs is 1. The van der Waals surface area contributed by atoms with Gasteiger partial charge in [0.25, 0.3) is 5.91 Å². The van der Waals surface area contributed by atoms with E-state index in [0.717, 1.165) is 31.4 Å². The van der Waals surface area contributed by atoms with Crippen LogP contribution in [0.5, 0.6) is 0 Å². The summed E-state index contributed by atoms with van der Waals surface area (Å²) < 4.78 is 7.25. The minimum absolute atomic E-state index is 0.0118. The summed E-state index contributed by atoms with van der Waals surface area (Å²) in [6.45, 7) is 1.11. The van der Waals surface area contributed by atoms with Gasteiger partial charge in [0, 0.05) is 43.5 Å². The molecule has 0 saturated carbocycles. The van der Waals surface area contributed by atoms with Gasteiger partial charge < -0.3 is 10.1 Å². The van der Waals surface area contributed by atoms with Crippen molar-refractivity contribution in [2.24, 2.45) is 0 Å². The normalized spacial score (nSPS) is 17.5. The second kappa shape index (κ2) is 6.94. The van der Waals surface area contributed by atoms with E-state index in [1.54, 1.807) is 35.4 Å². The van der Waals surface area contributed by atoms with Crippen LogP contribution in [0.4, 0.5) is 0 Å². The lowest BCUT2D eigenvalue weighted by Gasteiger charge is -2.21. The van der Waals surface area contributed by atoms with Crippen molar-refractivity contribution in [3.8, 4) is 0 Å². The number of rotatable bonds is 4. The molecule has 3 aromatic heterocycles. The highest BCUT2D eigenvalue weighted by Gasteiger charge is 2.18. The standard InChI is InChI=1S/C17H18N6O2/c24-17(13-11-22-23-6-3-5-18-16(13)23)21-10-12-8-19-15(20-9-12)14-4-1-2-7-25-14/h3,5-6,8-9,11,14H,1-2,4,7,10H2,(H,21,24)/t14-/m1/s1. The minimum atomic E-state index is -0.228. The highest BCUT2D eigenvalue weighted by molar-refractivity contribution is 5.99. The SMILES string of the molecule is O=C(NCc1cnc([C@H]2CCCCO2)nc1)c1cnn2cccnc12. The van der Waals surface area contributed by atoms with E-state index < -0.39 is 0 Å². The molecular weight excluding hydrogens is 320 g/mol. The number of aromatic nitrogens is 5. The van der Waals surface area contributed by atoms with Crippen LogP contribution in [0.3, 0.4) is 0 Å². The molecule has 0 bridgehead atoms. The molecule has 25 heavy (non-hydrogen) atoms. The third kappa shape index (κ3) is 3.34. The number of hydrogen-bond donors (Lipinski definition) is 1. The Bertz CT molecular complexity index is 870. The molecule has 3 aromatic rings. The van der Waals surface area contributed by atoms with Crippen LogP contribution >= 0.6 is 0 Å². The van der Waals surface area contributed by atoms with Gasteiger partial charge in [-0.15, -0.1) is 0 Å². The Morgan fingerprint density at radius 2 is 2.12 bits per heavy atom. The summed E-state index contributed by atoms with van der Waals surface area (Å²) in [6.07, 6.45) is 11.5. The largest absolute Gasteiger partial charge is 0.370 e. The molecule has 0 aromatic carbocycles. The molecule has 8 heteroatoms. The number of nitrogens with zero attached hydrogens (tertiary/aromatic N) is 5. The number of amides is 1. The molecule has 1 saturated heterocycles. The number of carbonyl (C=O) groups excluding carboxylic acids is 1. The van der Waals surface area contributed by atoms with E-state index in [-0.39, 0.29) is 12.0 Å². The lowest BCUT2D eigenvalue weighted by molar-refractivity contribution is 0.00940. The van der Waals surface area contributed by atoms with Crippen LogP contribution in [0.1, 0.15) is 47.1 Å². The van der Waals surface area contributed by atoms with E-state index in [2.05, 4.69) is 25.4 Å². The van der Waals surface area contributed by atoms with Gasteiger partial charge >= 0.3 is 0 Å². The van der Waals surface area contributed by atoms with E-state index >= 15 is 0 Å². The molecule has 4 heterocycles. The molecule has 0 unspecified atom stereocenters. The topological polar surface area (TPSA) is 94.3 Å². The predicted octanol–water partition coefficient (Wildman–Crippen LogP) is 1.69. The fourth-order valence-corrected chi connectivity index (χ4v) is 2.83. The Morgan fingerprint density at radius 1 is 1.24 bits per heavy atom. The molecule has 1 aliphatic rings. The molecule has 1 N–H and O–H groups in total. The highest BCUT2D eigenvalue weighted by atomic mass is 16.5. The third-order valence-electron chi connectivity index (χ3n) is 4.17. The number of hydrogen-bond acceptors (Lipinski definition) is 6. The fraction of sp³-hybridized carbons (Fsp3) is 0.353. The first-order valence-electron chi connectivity index (χ1n) is 8.30. The Balaban J connectivity index is 1.40. The average Bonchev–Trinajstić information content (AvgIpc) is 3.11. The summed E-state index contributed by atoms with van der Waals surface area (Å²) in [5, 5.41) is 6.96. The predicted molar refractivity (Wildman–Crippen MR) is 88.7 cm³/mol. The van der Waals surface area contributed by atoms with Crippen LogP contribution in [0.15, 0.2) is 37.1 Å². The van der Waals surface area contributed by atoms with Crippen molar-refractivity contribution < 1.29 is 9.53 Å². The van der Waals surface area contributed by atoms with Gasteiger partial charge in [0.2, 0.25) is 0 Å². The lowest BCUT2D eigenvalue weighted by Crippen LogP contribution is -2.23. The third-order valence-corrected chi connectivity index (χ3v) is 4.17. The van der Waals surface area contributed by atoms with Crippen molar-refractivity contribution in [1.29, 1.82) is 0 Å². The number of nitrogens with one attached hydrogen (secondary N) is 1. The molecule has 1 aliphatic heterocycles. The maximum absolute atomic E-state index is 12.3. The van der Waals surface area contributed by atoms with Gasteiger partial charge in [0.15, 0.2) is 11.5 Å². The Kier molecular flexibility index (Phi) is 4.34. The first-order chi connectivity index (χ1) is 12.3. The van der Waals surface area contributed by atoms with Crippen molar-refractivity contribution >= 4 is 11.6 Å². The molecule has 128 valence electrons. The smallest absolute Gasteiger partial charge is 0.257 e. The zero-order valence-corrected chi connectivity index (χ0v) is 13.6. The van der Waals surface area contributed by atoms with Crippen LogP contribution in [-0.2, 0) is 11.3 Å². The van der Waals surface area contributed by atoms with Crippen LogP contribution < -0.4 is 5.32 Å². The van der Waals surface area contributed by atoms with Crippen LogP contribution in [0.25, 0.3) is 5.65 Å². The molecule has 4 rings (SSSR count). The van der Waals surface area contributed by atoms with E-state index in [1.165, 1.54) is 6.20 Å². The van der Waals surface area contributed by atoms with Gasteiger partial charge in [-0.25, -0.2) is 19.5 Å². The minimum Gasteiger partial charge on any atom is -0.370 e. The van der Waals surface area contributed by atoms with Gasteiger partial charge in [-0.1, -0.05) is 0 Å². The summed E-state index contributed by atoms with van der Waals surface area (Å²) in [4.78, 5) is 25.3. The second-order valence-corrected chi connectivity index (χ2v) is 5.93. The summed E-state index contributed by atoms with van der Waals surface area (Å²) in [5.74, 6) is 0.481. The van der Waals surface area contributed by atoms with Crippen LogP contribution in [0.2, 0.25) is 0 Å². The number of carbonyl (C=O) groups is 1. The van der Waals surface area contributed by atoms with Gasteiger partial charge in [-0.2, -0.15) is 5.10 Å². The lowest BCUT2D eigenvalue weighted by atomic mass is 10.1. The van der Waals surface area contributed by atoms with Gasteiger partial charge in [0.05, 0.1) is 6.20 Å². The number of ether oxygens (including phenoxy) is 1. The van der Waals surface area contributed by atoms with E-state index in [4.69, 9.17) is 4.74 Å². The van der Waals surface area contributed by atoms with Crippen molar-refractivity contribution in [2.75, 3.05) is 6.61 Å². The summed E-state index contributed by atoms with van der Waals surface area (Å²) in [5.41, 5.74) is 1.80. The maximum Gasteiger partial charge on any atom is 0.257 e. The fourth-order valence-electron chi connectivity index (χ4n) is 2.83. The van der Waals surface area contributed by atoms with E-state index in [1.807, 2.05) is 0 Å². The van der Waals surface area contributed by atoms with Crippen molar-refractivity contribution in [3.63, 3.8) is 0 Å². The van der Waals surface area contributed by atoms with Crippen molar-refractivity contribution in [3.05, 3.63) is 54.0 Å². The summed E-state index contributed by atoms with van der Waals surface area (Å²) >= 11 is 0. The Morgan fingerprint density at radius 3 is 2.92 bits per heavy atom. The molecule has 8 nitrogen and oxygen atoms in total. The van der Waals surface area contributed by atoms with E-state index in [0.29, 0.717) is 23.6 Å². The zero-order chi connectivity index (χ0) is 17.1. The quantitative estimate of drug-likeness (QED) is 0.778. The van der Waals surface area contributed by atoms with Crippen LogP contribution in [-0.4, -0.2) is 37.1 Å². The highest BCUT2D eigenvalue weighted by Crippen LogP contribution is 2.24. The monoisotopic (exact) mass is 338 g/mol. The Hall–Kier alpha value is -2.87. The van der Waals surface area contributed by atoms with Gasteiger partial charge in [-0.3, -0.25) is 4.79 Å². The summed E-state index contributed by atoms with van der Waals surface area (Å²) in [6, 6.07) is 1.76. The first-order valence-corrected chi connectivity index (χ1v) is 8.30. The molecule has 0 spiro atoms. The van der Waals surface area contributed by atoms with Crippen molar-refractivity contribution in [2.45, 2.75) is 31.9 Å². The van der Waals surface area contributed by atoms with Gasteiger partial charge in [0.1, 0.15) is 11.7 Å². The Labute approximate surface area is 144 Å². The van der Waals surface area contributed by atoms with Crippen molar-refractivity contribution in [1.82, 2.24) is 29.9 Å². The molecule has 1 atom stereocenters. The second-order valence-electron chi connectivity index (χ2n) is 5.93. The maximum atomic E-state index is 12.3. The zero-order valence-electron chi connectivity index (χ0n) is 13.6. The molecule has 0 aliphatic carbocycles. The molecule has 0 radical (unpaired) electrons. The average molecular weight is 338 g/mol.